The maximum absolute atomic E-state index is 5.48. The minimum absolute atomic E-state index is 0.462. The summed E-state index contributed by atoms with van der Waals surface area (Å²) in [5, 5.41) is 4.13. The molecule has 5 nitrogen and oxygen atoms in total. The van der Waals surface area contributed by atoms with Gasteiger partial charge in [0.1, 0.15) is 0 Å². The van der Waals surface area contributed by atoms with Crippen LogP contribution in [0.15, 0.2) is 34.9 Å². The standard InChI is InChI=1S/C21H32N4O/c1-4-6-12-20-22-21(26-23-20)16-24(5-2)19-13-14-25(15-19)17(3)18-10-8-7-9-11-18/h7-11,17,19H,4-6,12-16H2,1-3H3. The molecule has 0 saturated carbocycles. The Labute approximate surface area is 157 Å². The number of likely N-dealkylation sites (tertiary alicyclic amines) is 1. The summed E-state index contributed by atoms with van der Waals surface area (Å²) in [6, 6.07) is 11.8. The van der Waals surface area contributed by atoms with E-state index in [1.807, 2.05) is 0 Å². The van der Waals surface area contributed by atoms with Gasteiger partial charge in [-0.1, -0.05) is 55.8 Å². The number of hydrogen-bond donors (Lipinski definition) is 0. The lowest BCUT2D eigenvalue weighted by molar-refractivity contribution is 0.162. The van der Waals surface area contributed by atoms with Gasteiger partial charge in [0.25, 0.3) is 0 Å². The summed E-state index contributed by atoms with van der Waals surface area (Å²) < 4.78 is 5.48. The average molecular weight is 357 g/mol. The first kappa shape index (κ1) is 19.1. The molecule has 1 saturated heterocycles. The van der Waals surface area contributed by atoms with E-state index >= 15 is 0 Å². The van der Waals surface area contributed by atoms with Crippen molar-refractivity contribution in [2.45, 2.75) is 65.1 Å². The normalized spacial score (nSPS) is 19.3. The maximum Gasteiger partial charge on any atom is 0.240 e. The second-order valence-corrected chi connectivity index (χ2v) is 7.30. The van der Waals surface area contributed by atoms with Gasteiger partial charge in [-0.15, -0.1) is 0 Å². The predicted octanol–water partition coefficient (Wildman–Crippen LogP) is 4.07. The molecule has 26 heavy (non-hydrogen) atoms. The van der Waals surface area contributed by atoms with Gasteiger partial charge in [0.2, 0.25) is 5.89 Å². The van der Waals surface area contributed by atoms with Gasteiger partial charge < -0.3 is 4.52 Å². The summed E-state index contributed by atoms with van der Waals surface area (Å²) in [5.74, 6) is 1.61. The third-order valence-electron chi connectivity index (χ3n) is 5.55. The highest BCUT2D eigenvalue weighted by Crippen LogP contribution is 2.27. The molecule has 1 aromatic carbocycles. The first-order chi connectivity index (χ1) is 12.7. The van der Waals surface area contributed by atoms with E-state index < -0.39 is 0 Å². The quantitative estimate of drug-likeness (QED) is 0.678. The van der Waals surface area contributed by atoms with Crippen LogP contribution in [0.3, 0.4) is 0 Å². The Morgan fingerprint density at radius 3 is 2.81 bits per heavy atom. The van der Waals surface area contributed by atoms with Gasteiger partial charge >= 0.3 is 0 Å². The van der Waals surface area contributed by atoms with E-state index in [9.17, 15) is 0 Å². The Balaban J connectivity index is 1.56. The van der Waals surface area contributed by atoms with E-state index in [-0.39, 0.29) is 0 Å². The van der Waals surface area contributed by atoms with Gasteiger partial charge in [-0.05, 0) is 31.9 Å². The van der Waals surface area contributed by atoms with Crippen molar-refractivity contribution in [3.8, 4) is 0 Å². The number of nitrogens with zero attached hydrogens (tertiary/aromatic N) is 4. The number of likely N-dealkylation sites (N-methyl/N-ethyl adjacent to an activating group) is 1. The highest BCUT2D eigenvalue weighted by molar-refractivity contribution is 5.18. The molecule has 1 aliphatic rings. The molecule has 0 amide bonds. The van der Waals surface area contributed by atoms with Crippen LogP contribution in [0.4, 0.5) is 0 Å². The van der Waals surface area contributed by atoms with Crippen molar-refractivity contribution >= 4 is 0 Å². The molecule has 5 heteroatoms. The van der Waals surface area contributed by atoms with Crippen LogP contribution in [0, 0.1) is 0 Å². The molecule has 2 aromatic rings. The van der Waals surface area contributed by atoms with Crippen LogP contribution in [-0.2, 0) is 13.0 Å². The molecule has 142 valence electrons. The molecule has 3 rings (SSSR count). The number of unbranched alkanes of at least 4 members (excludes halogenated alkanes) is 1. The fourth-order valence-corrected chi connectivity index (χ4v) is 3.82. The molecular weight excluding hydrogens is 324 g/mol. The van der Waals surface area contributed by atoms with Gasteiger partial charge in [-0.25, -0.2) is 0 Å². The van der Waals surface area contributed by atoms with Crippen LogP contribution in [0.25, 0.3) is 0 Å². The van der Waals surface area contributed by atoms with E-state index in [1.54, 1.807) is 0 Å². The molecule has 2 heterocycles. The summed E-state index contributed by atoms with van der Waals surface area (Å²) in [7, 11) is 0. The van der Waals surface area contributed by atoms with Crippen molar-refractivity contribution in [2.24, 2.45) is 0 Å². The second-order valence-electron chi connectivity index (χ2n) is 7.30. The van der Waals surface area contributed by atoms with Crippen LogP contribution in [-0.4, -0.2) is 45.6 Å². The summed E-state index contributed by atoms with van der Waals surface area (Å²) in [5.41, 5.74) is 1.40. The molecule has 0 radical (unpaired) electrons. The van der Waals surface area contributed by atoms with E-state index in [0.29, 0.717) is 12.1 Å². The number of aryl methyl sites for hydroxylation is 1. The Hall–Kier alpha value is -1.72. The summed E-state index contributed by atoms with van der Waals surface area (Å²) in [6.45, 7) is 10.7. The van der Waals surface area contributed by atoms with Crippen molar-refractivity contribution in [1.29, 1.82) is 0 Å². The number of rotatable bonds is 9. The Morgan fingerprint density at radius 1 is 1.27 bits per heavy atom. The van der Waals surface area contributed by atoms with Crippen LogP contribution >= 0.6 is 0 Å². The Morgan fingerprint density at radius 2 is 2.08 bits per heavy atom. The van der Waals surface area contributed by atoms with E-state index in [1.165, 1.54) is 12.0 Å². The topological polar surface area (TPSA) is 45.4 Å². The zero-order valence-electron chi connectivity index (χ0n) is 16.4. The smallest absolute Gasteiger partial charge is 0.240 e. The average Bonchev–Trinajstić information content (AvgIpc) is 3.34. The Kier molecular flexibility index (Phi) is 6.80. The fraction of sp³-hybridized carbons (Fsp3) is 0.619. The van der Waals surface area contributed by atoms with Crippen molar-refractivity contribution < 1.29 is 4.52 Å². The molecule has 1 aromatic heterocycles. The van der Waals surface area contributed by atoms with Gasteiger partial charge in [-0.3, -0.25) is 9.80 Å². The lowest BCUT2D eigenvalue weighted by Crippen LogP contribution is -2.37. The van der Waals surface area contributed by atoms with Crippen molar-refractivity contribution in [3.05, 3.63) is 47.6 Å². The summed E-state index contributed by atoms with van der Waals surface area (Å²) >= 11 is 0. The highest BCUT2D eigenvalue weighted by Gasteiger charge is 2.30. The van der Waals surface area contributed by atoms with Gasteiger partial charge in [0.05, 0.1) is 6.54 Å². The van der Waals surface area contributed by atoms with Crippen LogP contribution in [0.2, 0.25) is 0 Å². The summed E-state index contributed by atoms with van der Waals surface area (Å²) in [6.07, 6.45) is 4.38. The lowest BCUT2D eigenvalue weighted by Gasteiger charge is -2.28. The number of aromatic nitrogens is 2. The first-order valence-corrected chi connectivity index (χ1v) is 10.1. The largest absolute Gasteiger partial charge is 0.338 e. The molecule has 1 fully saturated rings. The SMILES string of the molecule is CCCCc1noc(CN(CC)C2CCN(C(C)c3ccccc3)C2)n1. The van der Waals surface area contributed by atoms with Crippen LogP contribution in [0.5, 0.6) is 0 Å². The zero-order valence-corrected chi connectivity index (χ0v) is 16.4. The molecule has 2 unspecified atom stereocenters. The monoisotopic (exact) mass is 356 g/mol. The minimum atomic E-state index is 0.462. The third kappa shape index (κ3) is 4.71. The highest BCUT2D eigenvalue weighted by atomic mass is 16.5. The van der Waals surface area contributed by atoms with Gasteiger partial charge in [0.15, 0.2) is 5.82 Å². The number of hydrogen-bond acceptors (Lipinski definition) is 5. The van der Waals surface area contributed by atoms with Crippen molar-refractivity contribution in [3.63, 3.8) is 0 Å². The maximum atomic E-state index is 5.48. The molecule has 0 N–H and O–H groups in total. The van der Waals surface area contributed by atoms with E-state index in [2.05, 4.69) is 71.0 Å². The van der Waals surface area contributed by atoms with Crippen molar-refractivity contribution in [1.82, 2.24) is 19.9 Å². The summed E-state index contributed by atoms with van der Waals surface area (Å²) in [4.78, 5) is 9.64. The van der Waals surface area contributed by atoms with Gasteiger partial charge in [-0.2, -0.15) is 4.98 Å². The second kappa shape index (κ2) is 9.28. The molecular formula is C21H32N4O. The van der Waals surface area contributed by atoms with Gasteiger partial charge in [0, 0.05) is 31.6 Å². The third-order valence-corrected chi connectivity index (χ3v) is 5.55. The predicted molar refractivity (Wildman–Crippen MR) is 104 cm³/mol. The van der Waals surface area contributed by atoms with Crippen LogP contribution < -0.4 is 0 Å². The molecule has 2 atom stereocenters. The molecule has 0 spiro atoms. The number of benzene rings is 1. The minimum Gasteiger partial charge on any atom is -0.338 e. The van der Waals surface area contributed by atoms with Crippen LogP contribution in [0.1, 0.15) is 63.4 Å². The van der Waals surface area contributed by atoms with E-state index in [0.717, 1.165) is 57.2 Å². The fourth-order valence-electron chi connectivity index (χ4n) is 3.82. The van der Waals surface area contributed by atoms with E-state index in [4.69, 9.17) is 4.52 Å². The zero-order chi connectivity index (χ0) is 18.4. The lowest BCUT2D eigenvalue weighted by atomic mass is 10.1. The molecule has 0 bridgehead atoms. The molecule has 0 aliphatic carbocycles. The first-order valence-electron chi connectivity index (χ1n) is 10.1. The molecule has 1 aliphatic heterocycles. The Bertz CT molecular complexity index is 657. The van der Waals surface area contributed by atoms with Crippen molar-refractivity contribution in [2.75, 3.05) is 19.6 Å².